The largest absolute Gasteiger partial charge is 0.584 e. The van der Waals surface area contributed by atoms with Gasteiger partial charge in [-0.15, -0.1) is 0 Å². The van der Waals surface area contributed by atoms with E-state index in [1.807, 2.05) is 0 Å². The normalized spacial score (nSPS) is 13.2. The second kappa shape index (κ2) is 6.61. The Balaban J connectivity index is 4.04. The molecule has 0 aromatic carbocycles. The van der Waals surface area contributed by atoms with Crippen molar-refractivity contribution in [1.82, 2.24) is 9.96 Å². The summed E-state index contributed by atoms with van der Waals surface area (Å²) in [7, 11) is -8.56. The Morgan fingerprint density at radius 3 is 1.47 bits per heavy atom. The van der Waals surface area contributed by atoms with Gasteiger partial charge in [0.15, 0.2) is 0 Å². The molecule has 0 heterocycles. The highest BCUT2D eigenvalue weighted by molar-refractivity contribution is 6.69. The van der Waals surface area contributed by atoms with E-state index >= 15 is 0 Å². The maximum Gasteiger partial charge on any atom is 0.584 e. The van der Waals surface area contributed by atoms with Gasteiger partial charge in [-0.25, -0.2) is 0 Å². The van der Waals surface area contributed by atoms with Crippen molar-refractivity contribution in [3.8, 4) is 0 Å². The first-order valence-corrected chi connectivity index (χ1v) is 7.93. The molecule has 15 heavy (non-hydrogen) atoms. The fourth-order valence-electron chi connectivity index (χ4n) is 0.741. The summed E-state index contributed by atoms with van der Waals surface area (Å²) in [5.41, 5.74) is 10.2. The molecule has 0 radical (unpaired) electrons. The van der Waals surface area contributed by atoms with E-state index in [9.17, 15) is 19.2 Å². The molecule has 0 aliphatic rings. The van der Waals surface area contributed by atoms with Gasteiger partial charge < -0.3 is 34.8 Å². The molecule has 0 amide bonds. The fourth-order valence-corrected chi connectivity index (χ4v) is 3.85. The van der Waals surface area contributed by atoms with E-state index in [4.69, 9.17) is 11.5 Å². The number of hydrogen-bond donors (Lipinski definition) is 8. The molecule has 0 bridgehead atoms. The zero-order valence-corrected chi connectivity index (χ0v) is 10.2. The Bertz CT molecular complexity index is 164. The molecular formula is C4H18N4O5Si2. The predicted octanol–water partition coefficient (Wildman–Crippen LogP) is -5.06. The lowest BCUT2D eigenvalue weighted by Crippen LogP contribution is -2.67. The molecule has 0 atom stereocenters. The highest BCUT2D eigenvalue weighted by atomic mass is 28.5. The molecule has 10 N–H and O–H groups in total. The quantitative estimate of drug-likeness (QED) is 0.199. The molecule has 0 fully saturated rings. The molecule has 11 heteroatoms. The molecule has 0 saturated heterocycles. The Morgan fingerprint density at radius 2 is 1.20 bits per heavy atom. The average molecular weight is 258 g/mol. The zero-order valence-electron chi connectivity index (χ0n) is 8.18. The molecule has 0 aromatic heterocycles. The molecule has 0 spiro atoms. The van der Waals surface area contributed by atoms with E-state index in [1.165, 1.54) is 0 Å². The lowest BCUT2D eigenvalue weighted by molar-refractivity contribution is 0.135. The third-order valence-electron chi connectivity index (χ3n) is 1.28. The Kier molecular flexibility index (Phi) is 6.64. The van der Waals surface area contributed by atoms with E-state index in [0.717, 1.165) is 0 Å². The lowest BCUT2D eigenvalue weighted by Gasteiger charge is -2.25. The smallest absolute Gasteiger partial charge is 0.378 e. The van der Waals surface area contributed by atoms with Crippen LogP contribution in [-0.2, 0) is 4.12 Å². The van der Waals surface area contributed by atoms with Crippen molar-refractivity contribution in [2.24, 2.45) is 11.5 Å². The Morgan fingerprint density at radius 1 is 0.867 bits per heavy atom. The average Bonchev–Trinajstić information content (AvgIpc) is 2.10. The molecule has 0 aliphatic heterocycles. The maximum atomic E-state index is 9.23. The maximum absolute atomic E-state index is 9.23. The molecule has 9 nitrogen and oxygen atoms in total. The van der Waals surface area contributed by atoms with E-state index in [0.29, 0.717) is 0 Å². The van der Waals surface area contributed by atoms with Crippen LogP contribution in [0.3, 0.4) is 0 Å². The van der Waals surface area contributed by atoms with Crippen molar-refractivity contribution >= 4 is 17.9 Å². The van der Waals surface area contributed by atoms with Crippen molar-refractivity contribution in [3.63, 3.8) is 0 Å². The number of nitrogens with one attached hydrogen (secondary N) is 2. The van der Waals surface area contributed by atoms with Gasteiger partial charge in [-0.05, 0) is 0 Å². The molecule has 0 unspecified atom stereocenters. The zero-order chi connectivity index (χ0) is 11.9. The van der Waals surface area contributed by atoms with Crippen molar-refractivity contribution in [2.45, 2.75) is 0 Å². The van der Waals surface area contributed by atoms with Crippen LogP contribution in [-0.4, -0.2) is 63.3 Å². The number of nitrogens with two attached hydrogens (primary N) is 2. The second-order valence-corrected chi connectivity index (χ2v) is 6.71. The van der Waals surface area contributed by atoms with Crippen LogP contribution in [0.2, 0.25) is 0 Å². The van der Waals surface area contributed by atoms with Gasteiger partial charge in [0, 0.05) is 26.2 Å². The second-order valence-electron chi connectivity index (χ2n) is 2.75. The van der Waals surface area contributed by atoms with Gasteiger partial charge in [-0.2, -0.15) is 0 Å². The van der Waals surface area contributed by atoms with Crippen LogP contribution in [0.1, 0.15) is 0 Å². The first kappa shape index (κ1) is 15.1. The van der Waals surface area contributed by atoms with Crippen LogP contribution in [0.25, 0.3) is 0 Å². The summed E-state index contributed by atoms with van der Waals surface area (Å²) in [6, 6.07) is 0. The van der Waals surface area contributed by atoms with E-state index in [1.54, 1.807) is 0 Å². The third-order valence-corrected chi connectivity index (χ3v) is 4.98. The van der Waals surface area contributed by atoms with Gasteiger partial charge >= 0.3 is 17.9 Å². The van der Waals surface area contributed by atoms with Crippen molar-refractivity contribution in [1.29, 1.82) is 0 Å². The van der Waals surface area contributed by atoms with Gasteiger partial charge in [-0.3, -0.25) is 9.96 Å². The molecule has 0 rings (SSSR count). The summed E-state index contributed by atoms with van der Waals surface area (Å²) in [4.78, 5) is 41.3. The summed E-state index contributed by atoms with van der Waals surface area (Å²) < 4.78 is 4.40. The summed E-state index contributed by atoms with van der Waals surface area (Å²) in [6.45, 7) is 0.531. The lowest BCUT2D eigenvalue weighted by atomic mass is 10.7. The molecule has 0 aliphatic carbocycles. The summed E-state index contributed by atoms with van der Waals surface area (Å²) in [6.07, 6.45) is 0. The van der Waals surface area contributed by atoms with Gasteiger partial charge in [-0.1, -0.05) is 0 Å². The van der Waals surface area contributed by atoms with Crippen LogP contribution in [0.15, 0.2) is 0 Å². The first-order valence-electron chi connectivity index (χ1n) is 4.33. The van der Waals surface area contributed by atoms with Crippen molar-refractivity contribution in [2.75, 3.05) is 26.2 Å². The third kappa shape index (κ3) is 7.94. The van der Waals surface area contributed by atoms with Crippen LogP contribution >= 0.6 is 0 Å². The van der Waals surface area contributed by atoms with Gasteiger partial charge in [0.05, 0.1) is 0 Å². The van der Waals surface area contributed by atoms with Gasteiger partial charge in [0.2, 0.25) is 0 Å². The predicted molar refractivity (Wildman–Crippen MR) is 55.6 cm³/mol. The minimum Gasteiger partial charge on any atom is -0.378 e. The minimum absolute atomic E-state index is 0.0978. The molecular weight excluding hydrogens is 240 g/mol. The molecule has 92 valence electrons. The van der Waals surface area contributed by atoms with Crippen LogP contribution in [0.5, 0.6) is 0 Å². The SMILES string of the molecule is NCCN[Si](O)(O)O[Si](O)(O)NCCN. The van der Waals surface area contributed by atoms with Crippen molar-refractivity contribution < 1.29 is 23.3 Å². The summed E-state index contributed by atoms with van der Waals surface area (Å²) in [5, 5.41) is 0. The standard InChI is InChI=1S/C4H18N4O5Si2/c5-1-3-7-14(9,10)13-15(11,12)8-4-2-6/h7-12H,1-6H2. The molecule has 0 aromatic rings. The summed E-state index contributed by atoms with van der Waals surface area (Å²) in [5.74, 6) is 0. The summed E-state index contributed by atoms with van der Waals surface area (Å²) >= 11 is 0. The van der Waals surface area contributed by atoms with Crippen LogP contribution < -0.4 is 21.4 Å². The van der Waals surface area contributed by atoms with E-state index in [2.05, 4.69) is 14.1 Å². The Labute approximate surface area is 89.6 Å². The highest BCUT2D eigenvalue weighted by Crippen LogP contribution is 1.98. The topological polar surface area (TPSA) is 166 Å². The fraction of sp³-hybridized carbons (Fsp3) is 1.00. The van der Waals surface area contributed by atoms with E-state index < -0.39 is 17.9 Å². The van der Waals surface area contributed by atoms with Gasteiger partial charge in [0.1, 0.15) is 0 Å². The molecule has 0 saturated carbocycles. The van der Waals surface area contributed by atoms with E-state index in [-0.39, 0.29) is 26.2 Å². The minimum atomic E-state index is -4.28. The van der Waals surface area contributed by atoms with Crippen LogP contribution in [0.4, 0.5) is 0 Å². The number of hydrogen-bond acceptors (Lipinski definition) is 9. The highest BCUT2D eigenvalue weighted by Gasteiger charge is 2.46. The monoisotopic (exact) mass is 258 g/mol. The number of rotatable bonds is 8. The van der Waals surface area contributed by atoms with Gasteiger partial charge in [0.25, 0.3) is 0 Å². The van der Waals surface area contributed by atoms with Crippen LogP contribution in [0, 0.1) is 0 Å². The van der Waals surface area contributed by atoms with Crippen molar-refractivity contribution in [3.05, 3.63) is 0 Å². The first-order chi connectivity index (χ1) is 6.83. The Hall–Kier alpha value is 0.0738.